The second-order valence-electron chi connectivity index (χ2n) is 5.35. The molecule has 0 unspecified atom stereocenters. The lowest BCUT2D eigenvalue weighted by molar-refractivity contribution is -0.115. The first-order chi connectivity index (χ1) is 12.2. The van der Waals surface area contributed by atoms with Crippen LogP contribution in [-0.4, -0.2) is 17.7 Å². The van der Waals surface area contributed by atoms with Crippen molar-refractivity contribution in [2.24, 2.45) is 4.99 Å². The van der Waals surface area contributed by atoms with E-state index in [0.29, 0.717) is 27.5 Å². The molecule has 0 aromatic heterocycles. The van der Waals surface area contributed by atoms with E-state index in [1.54, 1.807) is 18.2 Å². The molecule has 25 heavy (non-hydrogen) atoms. The molecule has 0 radical (unpaired) electrons. The summed E-state index contributed by atoms with van der Waals surface area (Å²) in [5.74, 6) is 0.529. The van der Waals surface area contributed by atoms with Gasteiger partial charge >= 0.3 is 0 Å². The van der Waals surface area contributed by atoms with Crippen LogP contribution in [0.25, 0.3) is 6.08 Å². The van der Waals surface area contributed by atoms with Crippen LogP contribution in [0, 0.1) is 0 Å². The van der Waals surface area contributed by atoms with Crippen molar-refractivity contribution in [3.05, 3.63) is 64.0 Å². The van der Waals surface area contributed by atoms with Crippen LogP contribution in [0.15, 0.2) is 58.4 Å². The van der Waals surface area contributed by atoms with Gasteiger partial charge in [0.2, 0.25) is 0 Å². The molecule has 1 amide bonds. The minimum atomic E-state index is -0.180. The molecule has 0 bridgehead atoms. The van der Waals surface area contributed by atoms with E-state index in [1.807, 2.05) is 43.3 Å². The molecular weight excluding hydrogens is 356 g/mol. The summed E-state index contributed by atoms with van der Waals surface area (Å²) in [5, 5.41) is 3.93. The average molecular weight is 373 g/mol. The van der Waals surface area contributed by atoms with Gasteiger partial charge in [0.1, 0.15) is 5.75 Å². The van der Waals surface area contributed by atoms with Crippen molar-refractivity contribution >= 4 is 46.2 Å². The van der Waals surface area contributed by atoms with Gasteiger partial charge in [0.05, 0.1) is 17.2 Å². The Balaban J connectivity index is 1.86. The molecule has 1 fully saturated rings. The first-order valence-electron chi connectivity index (χ1n) is 7.92. The molecule has 0 atom stereocenters. The van der Waals surface area contributed by atoms with Crippen LogP contribution in [-0.2, 0) is 4.79 Å². The van der Waals surface area contributed by atoms with Gasteiger partial charge in [0.15, 0.2) is 5.17 Å². The Morgan fingerprint density at radius 3 is 2.80 bits per heavy atom. The Labute approximate surface area is 155 Å². The monoisotopic (exact) mass is 372 g/mol. The highest BCUT2D eigenvalue weighted by molar-refractivity contribution is 8.18. The zero-order valence-electron chi connectivity index (χ0n) is 13.7. The SMILES string of the molecule is CCCOc1ccc(Cl)cc1/C=C1\SC(=Nc2ccccc2)NC1=O. The van der Waals surface area contributed by atoms with Crippen molar-refractivity contribution in [1.82, 2.24) is 5.32 Å². The van der Waals surface area contributed by atoms with Crippen LogP contribution in [0.5, 0.6) is 5.75 Å². The highest BCUT2D eigenvalue weighted by Crippen LogP contribution is 2.32. The number of hydrogen-bond donors (Lipinski definition) is 1. The van der Waals surface area contributed by atoms with Crippen LogP contribution in [0.2, 0.25) is 5.02 Å². The number of amidine groups is 1. The molecule has 1 N–H and O–H groups in total. The van der Waals surface area contributed by atoms with Gasteiger partial charge in [-0.2, -0.15) is 0 Å². The topological polar surface area (TPSA) is 50.7 Å². The largest absolute Gasteiger partial charge is 0.493 e. The van der Waals surface area contributed by atoms with Crippen molar-refractivity contribution in [3.63, 3.8) is 0 Å². The van der Waals surface area contributed by atoms with Crippen molar-refractivity contribution in [2.45, 2.75) is 13.3 Å². The lowest BCUT2D eigenvalue weighted by atomic mass is 10.2. The van der Waals surface area contributed by atoms with Gasteiger partial charge in [-0.15, -0.1) is 0 Å². The zero-order chi connectivity index (χ0) is 17.6. The Bertz CT molecular complexity index is 835. The van der Waals surface area contributed by atoms with Gasteiger partial charge in [-0.05, 0) is 54.6 Å². The summed E-state index contributed by atoms with van der Waals surface area (Å²) in [6.45, 7) is 2.65. The van der Waals surface area contributed by atoms with E-state index in [1.165, 1.54) is 11.8 Å². The molecule has 0 saturated carbocycles. The number of nitrogens with one attached hydrogen (secondary N) is 1. The fourth-order valence-electron chi connectivity index (χ4n) is 2.22. The highest BCUT2D eigenvalue weighted by atomic mass is 35.5. The van der Waals surface area contributed by atoms with E-state index in [-0.39, 0.29) is 5.91 Å². The summed E-state index contributed by atoms with van der Waals surface area (Å²) in [5.41, 5.74) is 1.57. The fourth-order valence-corrected chi connectivity index (χ4v) is 3.23. The molecule has 1 aliphatic heterocycles. The minimum absolute atomic E-state index is 0.180. The molecule has 2 aromatic carbocycles. The van der Waals surface area contributed by atoms with Gasteiger partial charge in [-0.25, -0.2) is 4.99 Å². The van der Waals surface area contributed by atoms with Gasteiger partial charge in [-0.3, -0.25) is 4.79 Å². The predicted octanol–water partition coefficient (Wildman–Crippen LogP) is 5.02. The molecular formula is C19H17ClN2O2S. The van der Waals surface area contributed by atoms with Crippen molar-refractivity contribution < 1.29 is 9.53 Å². The van der Waals surface area contributed by atoms with E-state index >= 15 is 0 Å². The first kappa shape index (κ1) is 17.6. The Kier molecular flexibility index (Phi) is 5.79. The summed E-state index contributed by atoms with van der Waals surface area (Å²) >= 11 is 7.39. The number of carbonyl (C=O) groups excluding carboxylic acids is 1. The minimum Gasteiger partial charge on any atom is -0.493 e. The van der Waals surface area contributed by atoms with E-state index in [2.05, 4.69) is 10.3 Å². The van der Waals surface area contributed by atoms with Crippen LogP contribution < -0.4 is 10.1 Å². The third-order valence-corrected chi connectivity index (χ3v) is 4.50. The number of ether oxygens (including phenoxy) is 1. The number of carbonyl (C=O) groups is 1. The maximum atomic E-state index is 12.2. The quantitative estimate of drug-likeness (QED) is 0.749. The van der Waals surface area contributed by atoms with Crippen LogP contribution in [0.1, 0.15) is 18.9 Å². The summed E-state index contributed by atoms with van der Waals surface area (Å²) in [7, 11) is 0. The predicted molar refractivity (Wildman–Crippen MR) is 104 cm³/mol. The van der Waals surface area contributed by atoms with Gasteiger partial charge in [0, 0.05) is 10.6 Å². The van der Waals surface area contributed by atoms with Gasteiger partial charge in [-0.1, -0.05) is 36.7 Å². The number of thioether (sulfide) groups is 1. The normalized spacial score (nSPS) is 17.1. The standard InChI is InChI=1S/C19H17ClN2O2S/c1-2-10-24-16-9-8-14(20)11-13(16)12-17-18(23)22-19(25-17)21-15-6-4-3-5-7-15/h3-9,11-12H,2,10H2,1H3,(H,21,22,23)/b17-12-. The van der Waals surface area contributed by atoms with Crippen molar-refractivity contribution in [3.8, 4) is 5.75 Å². The van der Waals surface area contributed by atoms with E-state index in [4.69, 9.17) is 16.3 Å². The number of hydrogen-bond acceptors (Lipinski definition) is 4. The molecule has 6 heteroatoms. The summed E-state index contributed by atoms with van der Waals surface area (Å²) < 4.78 is 5.73. The smallest absolute Gasteiger partial charge is 0.264 e. The number of nitrogens with zero attached hydrogens (tertiary/aromatic N) is 1. The van der Waals surface area contributed by atoms with E-state index in [0.717, 1.165) is 17.7 Å². The lowest BCUT2D eigenvalue weighted by Gasteiger charge is -2.08. The molecule has 3 rings (SSSR count). The summed E-state index contributed by atoms with van der Waals surface area (Å²) in [6.07, 6.45) is 2.69. The Morgan fingerprint density at radius 1 is 1.24 bits per heavy atom. The van der Waals surface area contributed by atoms with Crippen molar-refractivity contribution in [1.29, 1.82) is 0 Å². The fraction of sp³-hybridized carbons (Fsp3) is 0.158. The third kappa shape index (κ3) is 4.65. The molecule has 0 aliphatic carbocycles. The number of rotatable bonds is 5. The van der Waals surface area contributed by atoms with Crippen molar-refractivity contribution in [2.75, 3.05) is 6.61 Å². The van der Waals surface area contributed by atoms with E-state index in [9.17, 15) is 4.79 Å². The second-order valence-corrected chi connectivity index (χ2v) is 6.81. The Morgan fingerprint density at radius 2 is 2.04 bits per heavy atom. The van der Waals surface area contributed by atoms with Crippen LogP contribution >= 0.6 is 23.4 Å². The van der Waals surface area contributed by atoms with Crippen LogP contribution in [0.4, 0.5) is 5.69 Å². The number of halogens is 1. The highest BCUT2D eigenvalue weighted by Gasteiger charge is 2.24. The number of aliphatic imine (C=N–C) groups is 1. The molecule has 0 spiro atoms. The number of amides is 1. The molecule has 128 valence electrons. The third-order valence-electron chi connectivity index (χ3n) is 3.36. The summed E-state index contributed by atoms with van der Waals surface area (Å²) in [6, 6.07) is 14.9. The molecule has 1 heterocycles. The second kappa shape index (κ2) is 8.23. The number of benzene rings is 2. The summed E-state index contributed by atoms with van der Waals surface area (Å²) in [4.78, 5) is 17.2. The molecule has 4 nitrogen and oxygen atoms in total. The lowest BCUT2D eigenvalue weighted by Crippen LogP contribution is -2.19. The average Bonchev–Trinajstić information content (AvgIpc) is 2.94. The van der Waals surface area contributed by atoms with Gasteiger partial charge in [0.25, 0.3) is 5.91 Å². The van der Waals surface area contributed by atoms with E-state index < -0.39 is 0 Å². The molecule has 1 saturated heterocycles. The van der Waals surface area contributed by atoms with Gasteiger partial charge < -0.3 is 10.1 Å². The maximum Gasteiger partial charge on any atom is 0.264 e. The first-order valence-corrected chi connectivity index (χ1v) is 9.12. The molecule has 2 aromatic rings. The number of para-hydroxylation sites is 1. The Hall–Kier alpha value is -2.24. The zero-order valence-corrected chi connectivity index (χ0v) is 15.2. The maximum absolute atomic E-state index is 12.2. The molecule has 1 aliphatic rings. The van der Waals surface area contributed by atoms with Crippen LogP contribution in [0.3, 0.4) is 0 Å².